The molecule has 1 aromatic heterocycles. The van der Waals surface area contributed by atoms with Crippen molar-refractivity contribution in [1.82, 2.24) is 9.78 Å². The molecule has 0 saturated heterocycles. The summed E-state index contributed by atoms with van der Waals surface area (Å²) in [5.41, 5.74) is 0.930. The van der Waals surface area contributed by atoms with E-state index in [9.17, 15) is 8.42 Å². The predicted molar refractivity (Wildman–Crippen MR) is 79.7 cm³/mol. The largest absolute Gasteiger partial charge is 0.379 e. The van der Waals surface area contributed by atoms with E-state index < -0.39 is 9.05 Å². The van der Waals surface area contributed by atoms with E-state index in [1.165, 1.54) is 0 Å². The van der Waals surface area contributed by atoms with E-state index in [4.69, 9.17) is 15.4 Å². The van der Waals surface area contributed by atoms with E-state index in [0.29, 0.717) is 30.8 Å². The molecule has 0 aromatic carbocycles. The van der Waals surface area contributed by atoms with Gasteiger partial charge in [0.2, 0.25) is 0 Å². The lowest BCUT2D eigenvalue weighted by Gasteiger charge is -2.23. The average molecular weight is 323 g/mol. The Hall–Kier alpha value is -0.590. The Morgan fingerprint density at radius 2 is 1.90 bits per heavy atom. The van der Waals surface area contributed by atoms with E-state index >= 15 is 0 Å². The minimum Gasteiger partial charge on any atom is -0.379 e. The topological polar surface area (TPSA) is 61.2 Å². The molecule has 0 aliphatic heterocycles. The molecule has 7 heteroatoms. The maximum absolute atomic E-state index is 11.8. The summed E-state index contributed by atoms with van der Waals surface area (Å²) in [6.45, 7) is 8.35. The molecule has 0 aliphatic carbocycles. The van der Waals surface area contributed by atoms with Gasteiger partial charge in [0, 0.05) is 24.3 Å². The molecule has 0 saturated carbocycles. The van der Waals surface area contributed by atoms with E-state index in [1.54, 1.807) is 11.8 Å². The zero-order valence-electron chi connectivity index (χ0n) is 12.7. The van der Waals surface area contributed by atoms with Gasteiger partial charge >= 0.3 is 0 Å². The molecular formula is C13H23ClN2O3S. The molecule has 1 rings (SSSR count). The van der Waals surface area contributed by atoms with Crippen LogP contribution in [0.4, 0.5) is 0 Å². The van der Waals surface area contributed by atoms with Crippen LogP contribution in [0.3, 0.4) is 0 Å². The monoisotopic (exact) mass is 322 g/mol. The number of nitrogens with zero attached hydrogens (tertiary/aromatic N) is 2. The summed E-state index contributed by atoms with van der Waals surface area (Å²) < 4.78 is 30.6. The molecule has 0 spiro atoms. The van der Waals surface area contributed by atoms with Crippen LogP contribution in [0.5, 0.6) is 0 Å². The Labute approximate surface area is 125 Å². The fourth-order valence-corrected chi connectivity index (χ4v) is 3.59. The summed E-state index contributed by atoms with van der Waals surface area (Å²) in [6, 6.07) is 0. The zero-order valence-corrected chi connectivity index (χ0v) is 14.3. The molecule has 0 N–H and O–H groups in total. The number of hydrogen-bond donors (Lipinski definition) is 0. The van der Waals surface area contributed by atoms with Crippen molar-refractivity contribution in [3.05, 3.63) is 11.4 Å². The van der Waals surface area contributed by atoms with Crippen LogP contribution in [-0.4, -0.2) is 30.9 Å². The molecule has 0 aliphatic rings. The molecule has 5 nitrogen and oxygen atoms in total. The maximum Gasteiger partial charge on any atom is 0.264 e. The highest BCUT2D eigenvalue weighted by atomic mass is 35.7. The Morgan fingerprint density at radius 3 is 2.30 bits per heavy atom. The fourth-order valence-electron chi connectivity index (χ4n) is 2.05. The molecule has 20 heavy (non-hydrogen) atoms. The van der Waals surface area contributed by atoms with Gasteiger partial charge in [-0.25, -0.2) is 8.42 Å². The smallest absolute Gasteiger partial charge is 0.264 e. The van der Waals surface area contributed by atoms with Crippen LogP contribution in [0.1, 0.15) is 45.5 Å². The Kier molecular flexibility index (Phi) is 5.63. The van der Waals surface area contributed by atoms with Gasteiger partial charge < -0.3 is 4.74 Å². The maximum atomic E-state index is 11.8. The average Bonchev–Trinajstić information content (AvgIpc) is 2.74. The Morgan fingerprint density at radius 1 is 1.30 bits per heavy atom. The third-order valence-electron chi connectivity index (χ3n) is 3.47. The van der Waals surface area contributed by atoms with Crippen LogP contribution < -0.4 is 0 Å². The fraction of sp³-hybridized carbons (Fsp3) is 0.769. The van der Waals surface area contributed by atoms with Gasteiger partial charge in [-0.2, -0.15) is 5.10 Å². The molecule has 0 radical (unpaired) electrons. The minimum absolute atomic E-state index is 0.180. The second-order valence-corrected chi connectivity index (χ2v) is 7.81. The molecule has 0 amide bonds. The highest BCUT2D eigenvalue weighted by Gasteiger charge is 2.26. The molecule has 1 heterocycles. The molecule has 1 aromatic rings. The first-order valence-electron chi connectivity index (χ1n) is 6.74. The number of aryl methyl sites for hydroxylation is 2. The minimum atomic E-state index is -3.77. The van der Waals surface area contributed by atoms with Crippen molar-refractivity contribution in [2.75, 3.05) is 7.11 Å². The van der Waals surface area contributed by atoms with Crippen molar-refractivity contribution in [1.29, 1.82) is 0 Å². The van der Waals surface area contributed by atoms with Crippen LogP contribution in [0.25, 0.3) is 0 Å². The Bertz CT molecular complexity index is 564. The van der Waals surface area contributed by atoms with Crippen molar-refractivity contribution >= 4 is 19.7 Å². The van der Waals surface area contributed by atoms with Crippen molar-refractivity contribution in [3.63, 3.8) is 0 Å². The number of rotatable bonds is 7. The normalized spacial score (nSPS) is 12.9. The lowest BCUT2D eigenvalue weighted by Crippen LogP contribution is -2.25. The number of aromatic nitrogens is 2. The summed E-state index contributed by atoms with van der Waals surface area (Å²) >= 11 is 0. The number of ether oxygens (including phenoxy) is 1. The lowest BCUT2D eigenvalue weighted by molar-refractivity contribution is 0.0111. The van der Waals surface area contributed by atoms with Gasteiger partial charge in [0.1, 0.15) is 4.90 Å². The molecule has 0 unspecified atom stereocenters. The standard InChI is InChI=1S/C13H23ClN2O3S/c1-6-10-12(20(14,17)18)11(7-2)16(15-10)9-8-13(3,4)19-5/h6-9H2,1-5H3. The highest BCUT2D eigenvalue weighted by Crippen LogP contribution is 2.26. The van der Waals surface area contributed by atoms with Crippen molar-refractivity contribution in [3.8, 4) is 0 Å². The second-order valence-electron chi connectivity index (χ2n) is 5.30. The van der Waals surface area contributed by atoms with E-state index in [-0.39, 0.29) is 10.5 Å². The van der Waals surface area contributed by atoms with Crippen molar-refractivity contribution in [2.24, 2.45) is 0 Å². The summed E-state index contributed by atoms with van der Waals surface area (Å²) in [5.74, 6) is 0. The third kappa shape index (κ3) is 3.96. The number of hydrogen-bond acceptors (Lipinski definition) is 4. The van der Waals surface area contributed by atoms with E-state index in [0.717, 1.165) is 6.42 Å². The van der Waals surface area contributed by atoms with Gasteiger partial charge in [-0.3, -0.25) is 4.68 Å². The first-order valence-corrected chi connectivity index (χ1v) is 9.05. The van der Waals surface area contributed by atoms with Crippen LogP contribution in [0, 0.1) is 0 Å². The van der Waals surface area contributed by atoms with Crippen LogP contribution in [0.2, 0.25) is 0 Å². The summed E-state index contributed by atoms with van der Waals surface area (Å²) in [5, 5.41) is 4.40. The van der Waals surface area contributed by atoms with Crippen LogP contribution >= 0.6 is 10.7 Å². The summed E-state index contributed by atoms with van der Waals surface area (Å²) in [7, 11) is 3.44. The zero-order chi connectivity index (χ0) is 15.6. The number of methoxy groups -OCH3 is 1. The van der Waals surface area contributed by atoms with Crippen molar-refractivity contribution in [2.45, 2.75) is 64.0 Å². The van der Waals surface area contributed by atoms with Gasteiger partial charge in [-0.05, 0) is 33.1 Å². The first-order chi connectivity index (χ1) is 9.16. The molecular weight excluding hydrogens is 300 g/mol. The van der Waals surface area contributed by atoms with Gasteiger partial charge in [0.15, 0.2) is 0 Å². The van der Waals surface area contributed by atoms with E-state index in [1.807, 2.05) is 27.7 Å². The van der Waals surface area contributed by atoms with Crippen molar-refractivity contribution < 1.29 is 13.2 Å². The molecule has 0 atom stereocenters. The Balaban J connectivity index is 3.19. The summed E-state index contributed by atoms with van der Waals surface area (Å²) in [4.78, 5) is 0.180. The van der Waals surface area contributed by atoms with Gasteiger partial charge in [-0.15, -0.1) is 0 Å². The van der Waals surface area contributed by atoms with Crippen LogP contribution in [0.15, 0.2) is 4.90 Å². The van der Waals surface area contributed by atoms with Crippen LogP contribution in [-0.2, 0) is 33.2 Å². The van der Waals surface area contributed by atoms with Gasteiger partial charge in [0.25, 0.3) is 9.05 Å². The molecule has 0 bridgehead atoms. The number of halogens is 1. The van der Waals surface area contributed by atoms with Gasteiger partial charge in [-0.1, -0.05) is 13.8 Å². The second kappa shape index (κ2) is 6.45. The highest BCUT2D eigenvalue weighted by molar-refractivity contribution is 8.13. The quantitative estimate of drug-likeness (QED) is 0.724. The lowest BCUT2D eigenvalue weighted by atomic mass is 10.1. The van der Waals surface area contributed by atoms with Gasteiger partial charge in [0.05, 0.1) is 17.0 Å². The summed E-state index contributed by atoms with van der Waals surface area (Å²) in [6.07, 6.45) is 1.85. The molecule has 0 fully saturated rings. The van der Waals surface area contributed by atoms with E-state index in [2.05, 4.69) is 5.10 Å². The SMILES string of the molecule is CCc1nn(CCC(C)(C)OC)c(CC)c1S(=O)(=O)Cl. The third-order valence-corrected chi connectivity index (χ3v) is 4.89. The predicted octanol–water partition coefficient (Wildman–Crippen LogP) is 2.75. The first kappa shape index (κ1) is 17.5. The molecule has 116 valence electrons.